The lowest BCUT2D eigenvalue weighted by molar-refractivity contribution is -0.105. The third kappa shape index (κ3) is 2.25. The minimum absolute atomic E-state index is 0.0986. The second-order valence-corrected chi connectivity index (χ2v) is 3.00. The molecule has 78 valence electrons. The Labute approximate surface area is 86.0 Å². The van der Waals surface area contributed by atoms with E-state index in [4.69, 9.17) is 4.84 Å². The quantitative estimate of drug-likeness (QED) is 0.692. The average Bonchev–Trinajstić information content (AvgIpc) is 2.65. The van der Waals surface area contributed by atoms with Gasteiger partial charge in [0.05, 0.1) is 18.0 Å². The standard InChI is InChI=1S/C10H9FN2O2/c11-12-6-7-13(8-12)15-10(14)9-4-2-1-3-5-9/h1-7H,8H2. The van der Waals surface area contributed by atoms with Gasteiger partial charge in [-0.05, 0) is 12.1 Å². The van der Waals surface area contributed by atoms with E-state index in [2.05, 4.69) is 0 Å². The highest BCUT2D eigenvalue weighted by atomic mass is 19.2. The van der Waals surface area contributed by atoms with Crippen LogP contribution in [0.3, 0.4) is 0 Å². The van der Waals surface area contributed by atoms with Gasteiger partial charge in [0.15, 0.2) is 6.67 Å². The van der Waals surface area contributed by atoms with Crippen molar-refractivity contribution in [2.45, 2.75) is 0 Å². The first-order valence-electron chi connectivity index (χ1n) is 4.40. The molecule has 5 heteroatoms. The average molecular weight is 208 g/mol. The van der Waals surface area contributed by atoms with E-state index in [-0.39, 0.29) is 6.67 Å². The van der Waals surface area contributed by atoms with Gasteiger partial charge in [-0.3, -0.25) is 0 Å². The van der Waals surface area contributed by atoms with E-state index in [0.717, 1.165) is 5.06 Å². The van der Waals surface area contributed by atoms with E-state index < -0.39 is 5.97 Å². The van der Waals surface area contributed by atoms with Crippen molar-refractivity contribution in [2.75, 3.05) is 6.67 Å². The number of carbonyl (C=O) groups excluding carboxylic acids is 1. The molecule has 0 N–H and O–H groups in total. The summed E-state index contributed by atoms with van der Waals surface area (Å²) in [6.45, 7) is -0.0986. The van der Waals surface area contributed by atoms with Crippen molar-refractivity contribution in [3.8, 4) is 0 Å². The molecule has 0 saturated heterocycles. The molecule has 0 amide bonds. The van der Waals surface area contributed by atoms with Crippen molar-refractivity contribution in [3.63, 3.8) is 0 Å². The Hall–Kier alpha value is -2.04. The van der Waals surface area contributed by atoms with Crippen molar-refractivity contribution in [3.05, 3.63) is 48.3 Å². The molecule has 0 unspecified atom stereocenters. The van der Waals surface area contributed by atoms with E-state index in [1.165, 1.54) is 12.4 Å². The molecule has 1 aromatic rings. The van der Waals surface area contributed by atoms with Gasteiger partial charge in [0.1, 0.15) is 0 Å². The normalized spacial score (nSPS) is 14.5. The van der Waals surface area contributed by atoms with Gasteiger partial charge in [-0.2, -0.15) is 10.2 Å². The van der Waals surface area contributed by atoms with Crippen LogP contribution in [-0.4, -0.2) is 22.8 Å². The van der Waals surface area contributed by atoms with Crippen LogP contribution in [0, 0.1) is 0 Å². The number of rotatable bonds is 2. The van der Waals surface area contributed by atoms with Gasteiger partial charge >= 0.3 is 5.97 Å². The maximum atomic E-state index is 12.5. The first kappa shape index (κ1) is 9.51. The molecule has 0 aliphatic carbocycles. The summed E-state index contributed by atoms with van der Waals surface area (Å²) in [7, 11) is 0. The van der Waals surface area contributed by atoms with E-state index in [0.29, 0.717) is 10.7 Å². The number of hydroxylamine groups is 2. The first-order valence-corrected chi connectivity index (χ1v) is 4.40. The monoisotopic (exact) mass is 208 g/mol. The summed E-state index contributed by atoms with van der Waals surface area (Å²) in [5.41, 5.74) is 0.434. The smallest absolute Gasteiger partial charge is 0.334 e. The minimum Gasteiger partial charge on any atom is -0.334 e. The lowest BCUT2D eigenvalue weighted by atomic mass is 10.2. The Kier molecular flexibility index (Phi) is 2.53. The predicted molar refractivity (Wildman–Crippen MR) is 50.7 cm³/mol. The van der Waals surface area contributed by atoms with Crippen LogP contribution in [0.4, 0.5) is 4.48 Å². The van der Waals surface area contributed by atoms with Gasteiger partial charge in [0, 0.05) is 0 Å². The second-order valence-electron chi connectivity index (χ2n) is 3.00. The van der Waals surface area contributed by atoms with Crippen LogP contribution in [0.1, 0.15) is 10.4 Å². The number of halogens is 1. The zero-order valence-electron chi connectivity index (χ0n) is 7.84. The molecule has 1 aromatic carbocycles. The maximum Gasteiger partial charge on any atom is 0.363 e. The second kappa shape index (κ2) is 4.00. The van der Waals surface area contributed by atoms with Crippen LogP contribution >= 0.6 is 0 Å². The fourth-order valence-electron chi connectivity index (χ4n) is 1.17. The Morgan fingerprint density at radius 3 is 2.60 bits per heavy atom. The summed E-state index contributed by atoms with van der Waals surface area (Å²) in [5, 5.41) is 1.54. The van der Waals surface area contributed by atoms with Crippen molar-refractivity contribution in [1.82, 2.24) is 10.2 Å². The lowest BCUT2D eigenvalue weighted by Gasteiger charge is -2.14. The highest BCUT2D eigenvalue weighted by molar-refractivity contribution is 5.89. The molecule has 0 atom stereocenters. The van der Waals surface area contributed by atoms with Crippen molar-refractivity contribution in [1.29, 1.82) is 0 Å². The molecule has 2 rings (SSSR count). The summed E-state index contributed by atoms with van der Waals surface area (Å²) in [6.07, 6.45) is 2.53. The molecule has 4 nitrogen and oxygen atoms in total. The van der Waals surface area contributed by atoms with Crippen LogP contribution in [0.5, 0.6) is 0 Å². The molecule has 1 heterocycles. The molecular formula is C10H9FN2O2. The number of benzene rings is 1. The molecule has 0 fully saturated rings. The molecule has 1 aliphatic rings. The zero-order valence-corrected chi connectivity index (χ0v) is 7.84. The molecule has 0 saturated carbocycles. The van der Waals surface area contributed by atoms with Gasteiger partial charge in [0.25, 0.3) is 0 Å². The summed E-state index contributed by atoms with van der Waals surface area (Å²) < 4.78 is 12.5. The minimum atomic E-state index is -0.504. The van der Waals surface area contributed by atoms with Crippen LogP contribution in [-0.2, 0) is 4.84 Å². The van der Waals surface area contributed by atoms with E-state index in [1.54, 1.807) is 30.3 Å². The van der Waals surface area contributed by atoms with Gasteiger partial charge in [-0.15, -0.1) is 0 Å². The Balaban J connectivity index is 1.96. The van der Waals surface area contributed by atoms with Crippen molar-refractivity contribution in [2.24, 2.45) is 0 Å². The Morgan fingerprint density at radius 2 is 2.00 bits per heavy atom. The Bertz CT molecular complexity index is 380. The van der Waals surface area contributed by atoms with Gasteiger partial charge in [-0.1, -0.05) is 22.7 Å². The third-order valence-electron chi connectivity index (χ3n) is 1.88. The SMILES string of the molecule is O=C(ON1C=CN(F)C1)c1ccccc1. The molecule has 15 heavy (non-hydrogen) atoms. The summed E-state index contributed by atoms with van der Waals surface area (Å²) >= 11 is 0. The molecule has 0 bridgehead atoms. The maximum absolute atomic E-state index is 12.5. The van der Waals surface area contributed by atoms with Gasteiger partial charge in [0.2, 0.25) is 0 Å². The molecular weight excluding hydrogens is 199 g/mol. The number of hydrogen-bond acceptors (Lipinski definition) is 4. The largest absolute Gasteiger partial charge is 0.363 e. The lowest BCUT2D eigenvalue weighted by Crippen LogP contribution is -2.24. The highest BCUT2D eigenvalue weighted by Gasteiger charge is 2.16. The Morgan fingerprint density at radius 1 is 1.27 bits per heavy atom. The predicted octanol–water partition coefficient (Wildman–Crippen LogP) is 1.69. The molecule has 1 aliphatic heterocycles. The van der Waals surface area contributed by atoms with Crippen LogP contribution in [0.15, 0.2) is 42.7 Å². The van der Waals surface area contributed by atoms with Crippen LogP contribution in [0.25, 0.3) is 0 Å². The number of carbonyl (C=O) groups is 1. The molecule has 0 radical (unpaired) electrons. The fourth-order valence-corrected chi connectivity index (χ4v) is 1.17. The number of hydrogen-bond donors (Lipinski definition) is 0. The zero-order chi connectivity index (χ0) is 10.7. The van der Waals surface area contributed by atoms with Gasteiger partial charge < -0.3 is 4.84 Å². The molecule has 0 aromatic heterocycles. The van der Waals surface area contributed by atoms with E-state index in [1.807, 2.05) is 0 Å². The summed E-state index contributed by atoms with van der Waals surface area (Å²) in [6, 6.07) is 8.54. The van der Waals surface area contributed by atoms with E-state index in [9.17, 15) is 9.28 Å². The third-order valence-corrected chi connectivity index (χ3v) is 1.88. The highest BCUT2D eigenvalue weighted by Crippen LogP contribution is 2.09. The summed E-state index contributed by atoms with van der Waals surface area (Å²) in [4.78, 5) is 16.4. The molecule has 0 spiro atoms. The fraction of sp³-hybridized carbons (Fsp3) is 0.100. The topological polar surface area (TPSA) is 32.8 Å². The first-order chi connectivity index (χ1) is 7.25. The van der Waals surface area contributed by atoms with Crippen LogP contribution < -0.4 is 0 Å². The number of nitrogens with zero attached hydrogens (tertiary/aromatic N) is 2. The summed E-state index contributed by atoms with van der Waals surface area (Å²) in [5.74, 6) is -0.504. The van der Waals surface area contributed by atoms with Crippen LogP contribution in [0.2, 0.25) is 0 Å². The van der Waals surface area contributed by atoms with Crippen molar-refractivity contribution < 1.29 is 14.1 Å². The van der Waals surface area contributed by atoms with Crippen molar-refractivity contribution >= 4 is 5.97 Å². The van der Waals surface area contributed by atoms with E-state index >= 15 is 0 Å². The van der Waals surface area contributed by atoms with Gasteiger partial charge in [-0.25, -0.2) is 4.79 Å².